The summed E-state index contributed by atoms with van der Waals surface area (Å²) in [6, 6.07) is 31.2. The molecule has 0 fully saturated rings. The van der Waals surface area contributed by atoms with Gasteiger partial charge < -0.3 is 28.4 Å². The number of hydrogen-bond acceptors (Lipinski definition) is 10. The summed E-state index contributed by atoms with van der Waals surface area (Å²) >= 11 is 0. The van der Waals surface area contributed by atoms with Crippen molar-refractivity contribution in [2.24, 2.45) is 0 Å². The Hall–Kier alpha value is -6.68. The lowest BCUT2D eigenvalue weighted by atomic mass is 9.76. The maximum atomic E-state index is 12.0. The molecule has 10 heteroatoms. The van der Waals surface area contributed by atoms with Crippen LogP contribution in [0, 0.1) is 0 Å². The van der Waals surface area contributed by atoms with Gasteiger partial charge in [0.2, 0.25) is 0 Å². The molecular formula is C45H44O10. The topological polar surface area (TPSA) is 124 Å². The fraction of sp³-hybridized carbons (Fsp3) is 0.200. The van der Waals surface area contributed by atoms with Crippen molar-refractivity contribution in [3.05, 3.63) is 159 Å². The number of benzene rings is 4. The zero-order valence-corrected chi connectivity index (χ0v) is 30.9. The van der Waals surface area contributed by atoms with Gasteiger partial charge in [-0.1, -0.05) is 113 Å². The maximum Gasteiger partial charge on any atom is 0.330 e. The number of ether oxygens (including phenoxy) is 6. The molecule has 0 spiro atoms. The molecule has 0 amide bonds. The van der Waals surface area contributed by atoms with Crippen molar-refractivity contribution in [3.8, 4) is 33.8 Å². The number of rotatable bonds is 20. The zero-order valence-electron chi connectivity index (χ0n) is 30.9. The number of esters is 4. The lowest BCUT2D eigenvalue weighted by molar-refractivity contribution is -0.154. The van der Waals surface area contributed by atoms with Crippen molar-refractivity contribution in [1.82, 2.24) is 0 Å². The van der Waals surface area contributed by atoms with Gasteiger partial charge in [-0.2, -0.15) is 0 Å². The first kappa shape index (κ1) is 41.1. The van der Waals surface area contributed by atoms with Crippen molar-refractivity contribution in [2.45, 2.75) is 31.5 Å². The summed E-state index contributed by atoms with van der Waals surface area (Å²) < 4.78 is 33.5. The minimum absolute atomic E-state index is 0.0984. The van der Waals surface area contributed by atoms with Gasteiger partial charge in [0.15, 0.2) is 12.2 Å². The second-order valence-corrected chi connectivity index (χ2v) is 12.6. The van der Waals surface area contributed by atoms with Gasteiger partial charge in [-0.25, -0.2) is 19.2 Å². The fourth-order valence-electron chi connectivity index (χ4n) is 5.43. The summed E-state index contributed by atoms with van der Waals surface area (Å²) in [5, 5.41) is 0. The molecule has 55 heavy (non-hydrogen) atoms. The van der Waals surface area contributed by atoms with E-state index in [-0.39, 0.29) is 26.4 Å². The minimum atomic E-state index is -0.905. The molecule has 0 heterocycles. The molecule has 0 bridgehead atoms. The first-order valence-electron chi connectivity index (χ1n) is 17.4. The monoisotopic (exact) mass is 744 g/mol. The second kappa shape index (κ2) is 20.0. The Labute approximate surface area is 321 Å². The molecule has 2 unspecified atom stereocenters. The van der Waals surface area contributed by atoms with Gasteiger partial charge in [-0.05, 0) is 46.5 Å². The SMILES string of the molecule is C=CC(=O)OCC(COc1ccc(C(C)(C)c2ccc(OCC(COC(=O)C=C)OC(=O)C=C)c(-c3ccccc3)c2)cc1-c1ccccc1)OC(=O)C=C. The van der Waals surface area contributed by atoms with E-state index in [1.165, 1.54) is 0 Å². The van der Waals surface area contributed by atoms with Crippen LogP contribution in [0.2, 0.25) is 0 Å². The predicted molar refractivity (Wildman–Crippen MR) is 209 cm³/mol. The van der Waals surface area contributed by atoms with Gasteiger partial charge in [0.1, 0.15) is 37.9 Å². The Balaban J connectivity index is 1.68. The van der Waals surface area contributed by atoms with E-state index in [1.807, 2.05) is 84.9 Å². The molecule has 0 aliphatic heterocycles. The van der Waals surface area contributed by atoms with Crippen LogP contribution in [0.3, 0.4) is 0 Å². The lowest BCUT2D eigenvalue weighted by Gasteiger charge is -2.29. The summed E-state index contributed by atoms with van der Waals surface area (Å²) in [5.74, 6) is -1.62. The lowest BCUT2D eigenvalue weighted by Crippen LogP contribution is -2.30. The number of carbonyl (C=O) groups is 4. The average molecular weight is 745 g/mol. The highest BCUT2D eigenvalue weighted by Gasteiger charge is 2.27. The van der Waals surface area contributed by atoms with E-state index >= 15 is 0 Å². The average Bonchev–Trinajstić information content (AvgIpc) is 3.22. The Morgan fingerprint density at radius 1 is 0.527 bits per heavy atom. The van der Waals surface area contributed by atoms with E-state index in [9.17, 15) is 19.2 Å². The standard InChI is InChI=1S/C45H44O10/c1-7-41(46)52-29-35(54-43(48)9-3)27-50-39-23-21-33(25-37(39)31-17-13-11-14-18-31)45(5,6)34-22-24-40(38(26-34)32-19-15-12-16-20-32)51-28-36(55-44(49)10-4)30-53-42(47)8-2/h7-26,35-36H,1-4,27-30H2,5-6H3. The maximum absolute atomic E-state index is 12.0. The summed E-state index contributed by atoms with van der Waals surface area (Å²) in [6.45, 7) is 17.2. The summed E-state index contributed by atoms with van der Waals surface area (Å²) in [4.78, 5) is 47.5. The van der Waals surface area contributed by atoms with E-state index < -0.39 is 41.5 Å². The summed E-state index contributed by atoms with van der Waals surface area (Å²) in [5.41, 5.74) is 4.78. The van der Waals surface area contributed by atoms with Gasteiger partial charge in [-0.15, -0.1) is 0 Å². The van der Waals surface area contributed by atoms with Crippen LogP contribution in [0.1, 0.15) is 25.0 Å². The third-order valence-electron chi connectivity index (χ3n) is 8.48. The van der Waals surface area contributed by atoms with Crippen molar-refractivity contribution < 1.29 is 47.6 Å². The van der Waals surface area contributed by atoms with Gasteiger partial charge in [0.05, 0.1) is 0 Å². The molecule has 4 aromatic rings. The molecule has 0 saturated heterocycles. The van der Waals surface area contributed by atoms with Gasteiger partial charge in [0, 0.05) is 40.8 Å². The van der Waals surface area contributed by atoms with E-state index in [4.69, 9.17) is 28.4 Å². The Morgan fingerprint density at radius 3 is 1.24 bits per heavy atom. The van der Waals surface area contributed by atoms with Crippen LogP contribution in [0.25, 0.3) is 22.3 Å². The van der Waals surface area contributed by atoms with Crippen LogP contribution < -0.4 is 9.47 Å². The molecule has 0 saturated carbocycles. The molecule has 2 atom stereocenters. The second-order valence-electron chi connectivity index (χ2n) is 12.6. The largest absolute Gasteiger partial charge is 0.489 e. The van der Waals surface area contributed by atoms with E-state index in [1.54, 1.807) is 0 Å². The first-order valence-corrected chi connectivity index (χ1v) is 17.4. The Kier molecular flexibility index (Phi) is 14.9. The minimum Gasteiger partial charge on any atom is -0.489 e. The molecule has 0 aromatic heterocycles. The van der Waals surface area contributed by atoms with Crippen molar-refractivity contribution in [1.29, 1.82) is 0 Å². The molecule has 10 nitrogen and oxygen atoms in total. The highest BCUT2D eigenvalue weighted by atomic mass is 16.6. The summed E-state index contributed by atoms with van der Waals surface area (Å²) in [6.07, 6.45) is 2.29. The first-order chi connectivity index (χ1) is 26.5. The normalized spacial score (nSPS) is 11.8. The van der Waals surface area contributed by atoms with E-state index in [2.05, 4.69) is 52.3 Å². The van der Waals surface area contributed by atoms with Crippen LogP contribution in [0.4, 0.5) is 0 Å². The van der Waals surface area contributed by atoms with E-state index in [0.717, 1.165) is 57.7 Å². The van der Waals surface area contributed by atoms with Crippen molar-refractivity contribution >= 4 is 23.9 Å². The van der Waals surface area contributed by atoms with Gasteiger partial charge in [-0.3, -0.25) is 0 Å². The molecule has 0 aliphatic rings. The fourth-order valence-corrected chi connectivity index (χ4v) is 5.43. The summed E-state index contributed by atoms with van der Waals surface area (Å²) in [7, 11) is 0. The highest BCUT2D eigenvalue weighted by molar-refractivity contribution is 5.83. The highest BCUT2D eigenvalue weighted by Crippen LogP contribution is 2.41. The van der Waals surface area contributed by atoms with E-state index in [0.29, 0.717) is 11.5 Å². The number of hydrogen-bond donors (Lipinski definition) is 0. The molecule has 0 aliphatic carbocycles. The van der Waals surface area contributed by atoms with Crippen LogP contribution >= 0.6 is 0 Å². The van der Waals surface area contributed by atoms with Crippen LogP contribution in [0.5, 0.6) is 11.5 Å². The Morgan fingerprint density at radius 2 is 0.891 bits per heavy atom. The Bertz CT molecular complexity index is 1860. The molecule has 0 N–H and O–H groups in total. The van der Waals surface area contributed by atoms with Crippen LogP contribution in [0.15, 0.2) is 148 Å². The number of carbonyl (C=O) groups excluding carboxylic acids is 4. The third kappa shape index (κ3) is 11.7. The van der Waals surface area contributed by atoms with Crippen LogP contribution in [-0.4, -0.2) is 62.5 Å². The molecule has 4 rings (SSSR count). The van der Waals surface area contributed by atoms with Crippen molar-refractivity contribution in [2.75, 3.05) is 26.4 Å². The quantitative estimate of drug-likeness (QED) is 0.0504. The van der Waals surface area contributed by atoms with Gasteiger partial charge >= 0.3 is 23.9 Å². The zero-order chi connectivity index (χ0) is 39.8. The predicted octanol–water partition coefficient (Wildman–Crippen LogP) is 7.76. The van der Waals surface area contributed by atoms with Crippen LogP contribution in [-0.2, 0) is 43.5 Å². The molecule has 0 radical (unpaired) electrons. The molecular weight excluding hydrogens is 700 g/mol. The molecule has 284 valence electrons. The van der Waals surface area contributed by atoms with Crippen molar-refractivity contribution in [3.63, 3.8) is 0 Å². The van der Waals surface area contributed by atoms with Gasteiger partial charge in [0.25, 0.3) is 0 Å². The molecule has 4 aromatic carbocycles. The third-order valence-corrected chi connectivity index (χ3v) is 8.48. The smallest absolute Gasteiger partial charge is 0.330 e.